The molecule has 39 heavy (non-hydrogen) atoms. The molecule has 4 aromatic rings. The first kappa shape index (κ1) is 26.5. The Bertz CT molecular complexity index is 1480. The first-order valence-electron chi connectivity index (χ1n) is 12.0. The highest BCUT2D eigenvalue weighted by atomic mass is 19.4. The van der Waals surface area contributed by atoms with E-state index < -0.39 is 28.9 Å². The van der Waals surface area contributed by atoms with Crippen LogP contribution in [0.25, 0.3) is 0 Å². The van der Waals surface area contributed by atoms with Gasteiger partial charge in [0.2, 0.25) is 5.91 Å². The van der Waals surface area contributed by atoms with E-state index >= 15 is 0 Å². The van der Waals surface area contributed by atoms with Gasteiger partial charge < -0.3 is 4.90 Å². The lowest BCUT2D eigenvalue weighted by atomic mass is 9.80. The Kier molecular flexibility index (Phi) is 6.48. The molecule has 1 aliphatic heterocycles. The molecule has 1 aromatic heterocycles. The lowest BCUT2D eigenvalue weighted by molar-refractivity contribution is -0.143. The average Bonchev–Trinajstić information content (AvgIpc) is 3.39. The number of alkyl halides is 6. The number of rotatable bonds is 6. The normalized spacial score (nSPS) is 17.5. The molecule has 11 heteroatoms. The molecule has 0 bridgehead atoms. The smallest absolute Gasteiger partial charge is 0.307 e. The SMILES string of the molecule is C[C@]1(Cc2cn(Cc3cc(C(F)(F)F)cc(C(F)(F)F)c3)nn2)C(=O)N(Cc2ccccc2)c2ccccc21. The number of anilines is 1. The topological polar surface area (TPSA) is 51.0 Å². The van der Waals surface area contributed by atoms with Gasteiger partial charge in [-0.2, -0.15) is 26.3 Å². The Hall–Kier alpha value is -4.15. The molecule has 0 unspecified atom stereocenters. The molecule has 0 fully saturated rings. The third-order valence-electron chi connectivity index (χ3n) is 6.80. The summed E-state index contributed by atoms with van der Waals surface area (Å²) in [5.41, 5.74) is -1.11. The standard InChI is InChI=1S/C28H22F6N4O/c1-26(23-9-5-6-10-24(23)38(25(26)39)16-18-7-3-2-4-8-18)14-22-17-37(36-35-22)15-19-11-20(27(29,30)31)13-21(12-19)28(32,33)34/h2-13,17H,14-16H2,1H3/t26-/m1/s1. The van der Waals surface area contributed by atoms with Gasteiger partial charge in [-0.3, -0.25) is 4.79 Å². The molecule has 0 saturated heterocycles. The van der Waals surface area contributed by atoms with Crippen molar-refractivity contribution in [3.05, 3.63) is 113 Å². The van der Waals surface area contributed by atoms with Gasteiger partial charge in [-0.05, 0) is 47.9 Å². The summed E-state index contributed by atoms with van der Waals surface area (Å²) in [6, 6.07) is 18.3. The van der Waals surface area contributed by atoms with Crippen molar-refractivity contribution in [1.82, 2.24) is 15.0 Å². The van der Waals surface area contributed by atoms with E-state index in [1.807, 2.05) is 54.6 Å². The van der Waals surface area contributed by atoms with Crippen molar-refractivity contribution < 1.29 is 31.1 Å². The molecule has 1 amide bonds. The maximum atomic E-state index is 13.7. The van der Waals surface area contributed by atoms with Gasteiger partial charge in [-0.25, -0.2) is 4.68 Å². The van der Waals surface area contributed by atoms with Gasteiger partial charge in [0.25, 0.3) is 0 Å². The van der Waals surface area contributed by atoms with E-state index in [0.717, 1.165) is 16.8 Å². The summed E-state index contributed by atoms with van der Waals surface area (Å²) in [4.78, 5) is 15.4. The van der Waals surface area contributed by atoms with Gasteiger partial charge in [0.15, 0.2) is 0 Å². The van der Waals surface area contributed by atoms with Crippen molar-refractivity contribution in [3.8, 4) is 0 Å². The van der Waals surface area contributed by atoms with Crippen LogP contribution in [0.4, 0.5) is 32.0 Å². The van der Waals surface area contributed by atoms with Crippen LogP contribution in [0.3, 0.4) is 0 Å². The second-order valence-electron chi connectivity index (χ2n) is 9.72. The first-order chi connectivity index (χ1) is 18.3. The molecule has 0 aliphatic carbocycles. The fourth-order valence-corrected chi connectivity index (χ4v) is 4.95. The minimum Gasteiger partial charge on any atom is -0.307 e. The summed E-state index contributed by atoms with van der Waals surface area (Å²) in [6.07, 6.45) is -8.31. The van der Waals surface area contributed by atoms with Crippen LogP contribution in [-0.2, 0) is 42.1 Å². The number of carbonyl (C=O) groups is 1. The minimum atomic E-state index is -4.94. The lowest BCUT2D eigenvalue weighted by Crippen LogP contribution is -2.39. The average molecular weight is 544 g/mol. The second-order valence-corrected chi connectivity index (χ2v) is 9.72. The van der Waals surface area contributed by atoms with Crippen LogP contribution in [0, 0.1) is 0 Å². The van der Waals surface area contributed by atoms with Gasteiger partial charge in [-0.1, -0.05) is 53.7 Å². The van der Waals surface area contributed by atoms with Crippen molar-refractivity contribution in [1.29, 1.82) is 0 Å². The number of nitrogens with zero attached hydrogens (tertiary/aromatic N) is 4. The summed E-state index contributed by atoms with van der Waals surface area (Å²) >= 11 is 0. The van der Waals surface area contributed by atoms with Crippen molar-refractivity contribution >= 4 is 11.6 Å². The minimum absolute atomic E-state index is 0.0848. The van der Waals surface area contributed by atoms with E-state index in [1.165, 1.54) is 10.9 Å². The van der Waals surface area contributed by atoms with Crippen LogP contribution in [0.2, 0.25) is 0 Å². The van der Waals surface area contributed by atoms with Crippen LogP contribution in [0.1, 0.15) is 40.4 Å². The van der Waals surface area contributed by atoms with E-state index in [4.69, 9.17) is 0 Å². The molecule has 0 radical (unpaired) electrons. The number of para-hydroxylation sites is 1. The van der Waals surface area contributed by atoms with Crippen molar-refractivity contribution in [2.45, 2.75) is 44.2 Å². The summed E-state index contributed by atoms with van der Waals surface area (Å²) < 4.78 is 80.6. The summed E-state index contributed by atoms with van der Waals surface area (Å²) in [5.74, 6) is -0.144. The molecule has 5 rings (SSSR count). The van der Waals surface area contributed by atoms with Gasteiger partial charge >= 0.3 is 12.4 Å². The van der Waals surface area contributed by atoms with Crippen LogP contribution in [-0.4, -0.2) is 20.9 Å². The predicted molar refractivity (Wildman–Crippen MR) is 131 cm³/mol. The van der Waals surface area contributed by atoms with Crippen molar-refractivity contribution in [3.63, 3.8) is 0 Å². The molecule has 1 aliphatic rings. The summed E-state index contributed by atoms with van der Waals surface area (Å²) in [5, 5.41) is 7.99. The van der Waals surface area contributed by atoms with E-state index in [2.05, 4.69) is 10.3 Å². The van der Waals surface area contributed by atoms with Crippen molar-refractivity contribution in [2.24, 2.45) is 0 Å². The zero-order chi connectivity index (χ0) is 28.0. The fourth-order valence-electron chi connectivity index (χ4n) is 4.95. The molecule has 5 nitrogen and oxygen atoms in total. The number of carbonyl (C=O) groups excluding carboxylic acids is 1. The highest BCUT2D eigenvalue weighted by Gasteiger charge is 2.47. The Labute approximate surface area is 219 Å². The Morgan fingerprint density at radius 1 is 0.795 bits per heavy atom. The predicted octanol–water partition coefficient (Wildman–Crippen LogP) is 6.41. The van der Waals surface area contributed by atoms with Gasteiger partial charge in [0.1, 0.15) is 0 Å². The zero-order valence-corrected chi connectivity index (χ0v) is 20.6. The Morgan fingerprint density at radius 3 is 2.05 bits per heavy atom. The maximum absolute atomic E-state index is 13.7. The van der Waals surface area contributed by atoms with Crippen molar-refractivity contribution in [2.75, 3.05) is 4.90 Å². The molecule has 0 saturated carbocycles. The van der Waals surface area contributed by atoms with Crippen LogP contribution >= 0.6 is 0 Å². The van der Waals surface area contributed by atoms with Gasteiger partial charge in [0.05, 0.1) is 35.3 Å². The van der Waals surface area contributed by atoms with E-state index in [-0.39, 0.29) is 30.5 Å². The number of fused-ring (bicyclic) bond motifs is 1. The number of amides is 1. The summed E-state index contributed by atoms with van der Waals surface area (Å²) in [7, 11) is 0. The second kappa shape index (κ2) is 9.55. The zero-order valence-electron chi connectivity index (χ0n) is 20.6. The van der Waals surface area contributed by atoms with Gasteiger partial charge in [0, 0.05) is 18.3 Å². The molecule has 2 heterocycles. The van der Waals surface area contributed by atoms with Crippen LogP contribution < -0.4 is 4.90 Å². The molecule has 1 atom stereocenters. The van der Waals surface area contributed by atoms with Crippen LogP contribution in [0.5, 0.6) is 0 Å². The lowest BCUT2D eigenvalue weighted by Gasteiger charge is -2.23. The molecular weight excluding hydrogens is 522 g/mol. The number of hydrogen-bond acceptors (Lipinski definition) is 3. The largest absolute Gasteiger partial charge is 0.416 e. The maximum Gasteiger partial charge on any atom is 0.416 e. The van der Waals surface area contributed by atoms with Crippen LogP contribution in [0.15, 0.2) is 79.0 Å². The molecular formula is C28H22F6N4O. The molecule has 0 N–H and O–H groups in total. The van der Waals surface area contributed by atoms with E-state index in [0.29, 0.717) is 24.4 Å². The highest BCUT2D eigenvalue weighted by Crippen LogP contribution is 2.44. The highest BCUT2D eigenvalue weighted by molar-refractivity contribution is 6.07. The number of benzene rings is 3. The number of aromatic nitrogens is 3. The number of hydrogen-bond donors (Lipinski definition) is 0. The van der Waals surface area contributed by atoms with E-state index in [1.54, 1.807) is 11.8 Å². The van der Waals surface area contributed by atoms with E-state index in [9.17, 15) is 31.1 Å². The molecule has 202 valence electrons. The Morgan fingerprint density at radius 2 is 1.41 bits per heavy atom. The van der Waals surface area contributed by atoms with Gasteiger partial charge in [-0.15, -0.1) is 5.10 Å². The fraction of sp³-hybridized carbons (Fsp3) is 0.250. The monoisotopic (exact) mass is 544 g/mol. The summed E-state index contributed by atoms with van der Waals surface area (Å²) in [6.45, 7) is 1.80. The quantitative estimate of drug-likeness (QED) is 0.264. The Balaban J connectivity index is 1.41. The molecule has 3 aromatic carbocycles. The number of halogens is 6. The first-order valence-corrected chi connectivity index (χ1v) is 12.0. The third kappa shape index (κ3) is 5.25. The third-order valence-corrected chi connectivity index (χ3v) is 6.80. The molecule has 0 spiro atoms.